The molecular weight excluding hydrogens is 456 g/mol. The van der Waals surface area contributed by atoms with Crippen LogP contribution in [0.15, 0.2) is 36.4 Å². The first kappa shape index (κ1) is 28.8. The number of benzene rings is 1. The minimum atomic E-state index is -0.662. The molecule has 0 radical (unpaired) electrons. The fourth-order valence-electron chi connectivity index (χ4n) is 3.72. The van der Waals surface area contributed by atoms with Gasteiger partial charge in [-0.05, 0) is 68.5 Å². The number of carbonyl (C=O) groups excluding carboxylic acids is 3. The van der Waals surface area contributed by atoms with Gasteiger partial charge in [-0.3, -0.25) is 14.4 Å². The van der Waals surface area contributed by atoms with E-state index in [1.165, 1.54) is 0 Å². The van der Waals surface area contributed by atoms with Gasteiger partial charge < -0.3 is 27.0 Å². The van der Waals surface area contributed by atoms with Crippen LogP contribution in [-0.4, -0.2) is 48.4 Å². The normalized spacial score (nSPS) is 12.4. The lowest BCUT2D eigenvalue weighted by Crippen LogP contribution is -2.47. The second-order valence-corrected chi connectivity index (χ2v) is 9.24. The lowest BCUT2D eigenvalue weighted by Gasteiger charge is -2.16. The standard InChI is InChI=1S/C27H40N6O3/c1-5-6-12-30-27(36)22-9-7-8-21(14-22)13-18(2)15-29-17-25(34)33-20(4)26(35)31-16-23-10-11-24(28)32-19(23)3/h7-11,14,18,20,29H,5-6,12-13,15-17H2,1-4H3,(H2,28,32)(H,30,36)(H,31,35)(H,33,34)/t18-,20+/m1/s1. The summed E-state index contributed by atoms with van der Waals surface area (Å²) in [6, 6.07) is 10.5. The number of nitrogens with two attached hydrogens (primary N) is 1. The van der Waals surface area contributed by atoms with Gasteiger partial charge >= 0.3 is 0 Å². The molecule has 1 aromatic heterocycles. The van der Waals surface area contributed by atoms with Gasteiger partial charge in [0.2, 0.25) is 11.8 Å². The van der Waals surface area contributed by atoms with E-state index in [0.717, 1.165) is 36.1 Å². The van der Waals surface area contributed by atoms with Crippen LogP contribution in [0, 0.1) is 12.8 Å². The molecule has 0 saturated heterocycles. The largest absolute Gasteiger partial charge is 0.384 e. The van der Waals surface area contributed by atoms with Crippen molar-refractivity contribution in [3.63, 3.8) is 0 Å². The van der Waals surface area contributed by atoms with Crippen LogP contribution in [0.25, 0.3) is 0 Å². The van der Waals surface area contributed by atoms with Crippen molar-refractivity contribution in [2.45, 2.75) is 59.5 Å². The number of nitrogens with one attached hydrogen (secondary N) is 4. The molecule has 0 aliphatic carbocycles. The highest BCUT2D eigenvalue weighted by atomic mass is 16.2. The average molecular weight is 497 g/mol. The van der Waals surface area contributed by atoms with Crippen molar-refractivity contribution in [2.75, 3.05) is 25.4 Å². The zero-order valence-corrected chi connectivity index (χ0v) is 21.8. The summed E-state index contributed by atoms with van der Waals surface area (Å²) >= 11 is 0. The first-order valence-corrected chi connectivity index (χ1v) is 12.6. The third-order valence-electron chi connectivity index (χ3n) is 5.81. The van der Waals surface area contributed by atoms with Crippen molar-refractivity contribution in [3.05, 3.63) is 58.8 Å². The molecule has 36 heavy (non-hydrogen) atoms. The van der Waals surface area contributed by atoms with Crippen molar-refractivity contribution in [1.29, 1.82) is 0 Å². The van der Waals surface area contributed by atoms with Gasteiger partial charge in [0.1, 0.15) is 11.9 Å². The topological polar surface area (TPSA) is 138 Å². The van der Waals surface area contributed by atoms with E-state index in [2.05, 4.69) is 40.1 Å². The molecule has 2 atom stereocenters. The van der Waals surface area contributed by atoms with Crippen molar-refractivity contribution < 1.29 is 14.4 Å². The highest BCUT2D eigenvalue weighted by Crippen LogP contribution is 2.11. The molecule has 6 N–H and O–H groups in total. The molecule has 0 saturated carbocycles. The van der Waals surface area contributed by atoms with Crippen LogP contribution >= 0.6 is 0 Å². The van der Waals surface area contributed by atoms with Crippen LogP contribution in [0.4, 0.5) is 5.82 Å². The molecule has 0 aliphatic rings. The van der Waals surface area contributed by atoms with Gasteiger partial charge in [0, 0.05) is 24.3 Å². The van der Waals surface area contributed by atoms with Crippen molar-refractivity contribution in [1.82, 2.24) is 26.3 Å². The predicted octanol–water partition coefficient (Wildman–Crippen LogP) is 2.09. The average Bonchev–Trinajstić information content (AvgIpc) is 2.83. The van der Waals surface area contributed by atoms with Crippen LogP contribution in [0.2, 0.25) is 0 Å². The maximum Gasteiger partial charge on any atom is 0.251 e. The Hall–Kier alpha value is -3.46. The molecule has 0 bridgehead atoms. The van der Waals surface area contributed by atoms with E-state index >= 15 is 0 Å². The van der Waals surface area contributed by atoms with Gasteiger partial charge in [0.25, 0.3) is 5.91 Å². The summed E-state index contributed by atoms with van der Waals surface area (Å²) in [5.41, 5.74) is 9.02. The SMILES string of the molecule is CCCCNC(=O)c1cccc(C[C@@H](C)CNCC(=O)N[C@@H](C)C(=O)NCc2ccc(N)nc2C)c1. The van der Waals surface area contributed by atoms with Gasteiger partial charge in [0.15, 0.2) is 0 Å². The number of aromatic nitrogens is 1. The molecule has 0 fully saturated rings. The fraction of sp³-hybridized carbons (Fsp3) is 0.481. The summed E-state index contributed by atoms with van der Waals surface area (Å²) in [5, 5.41) is 11.6. The van der Waals surface area contributed by atoms with E-state index in [1.807, 2.05) is 37.3 Å². The number of nitrogens with zero attached hydrogens (tertiary/aromatic N) is 1. The lowest BCUT2D eigenvalue weighted by atomic mass is 9.99. The first-order chi connectivity index (χ1) is 17.2. The third-order valence-corrected chi connectivity index (χ3v) is 5.81. The maximum atomic E-state index is 12.3. The minimum Gasteiger partial charge on any atom is -0.384 e. The van der Waals surface area contributed by atoms with Gasteiger partial charge in [-0.15, -0.1) is 0 Å². The fourth-order valence-corrected chi connectivity index (χ4v) is 3.72. The number of nitrogen functional groups attached to an aromatic ring is 1. The maximum absolute atomic E-state index is 12.3. The minimum absolute atomic E-state index is 0.0498. The number of pyridine rings is 1. The quantitative estimate of drug-likeness (QED) is 0.254. The molecule has 1 aromatic carbocycles. The Balaban J connectivity index is 1.70. The van der Waals surface area contributed by atoms with E-state index in [1.54, 1.807) is 13.0 Å². The molecule has 196 valence electrons. The highest BCUT2D eigenvalue weighted by Gasteiger charge is 2.16. The number of aryl methyl sites for hydroxylation is 1. The Morgan fingerprint density at radius 3 is 2.58 bits per heavy atom. The second kappa shape index (κ2) is 14.8. The summed E-state index contributed by atoms with van der Waals surface area (Å²) in [6.45, 7) is 9.40. The van der Waals surface area contributed by atoms with E-state index in [0.29, 0.717) is 31.0 Å². The van der Waals surface area contributed by atoms with Crippen molar-refractivity contribution >= 4 is 23.5 Å². The van der Waals surface area contributed by atoms with Crippen molar-refractivity contribution in [3.8, 4) is 0 Å². The Morgan fingerprint density at radius 2 is 1.86 bits per heavy atom. The molecule has 0 unspecified atom stereocenters. The summed E-state index contributed by atoms with van der Waals surface area (Å²) in [4.78, 5) is 41.1. The van der Waals surface area contributed by atoms with Gasteiger partial charge in [-0.1, -0.05) is 38.5 Å². The van der Waals surface area contributed by atoms with E-state index < -0.39 is 6.04 Å². The number of unbranched alkanes of at least 4 members (excludes halogenated alkanes) is 1. The smallest absolute Gasteiger partial charge is 0.251 e. The second-order valence-electron chi connectivity index (χ2n) is 9.24. The molecule has 9 heteroatoms. The van der Waals surface area contributed by atoms with Gasteiger partial charge in [-0.25, -0.2) is 4.98 Å². The van der Waals surface area contributed by atoms with Gasteiger partial charge in [0.05, 0.1) is 6.54 Å². The van der Waals surface area contributed by atoms with E-state index in [4.69, 9.17) is 5.73 Å². The monoisotopic (exact) mass is 496 g/mol. The number of amides is 3. The molecule has 2 aromatic rings. The highest BCUT2D eigenvalue weighted by molar-refractivity contribution is 5.94. The Labute approximate surface area is 214 Å². The Bertz CT molecular complexity index is 1030. The van der Waals surface area contributed by atoms with Crippen LogP contribution in [0.1, 0.15) is 60.8 Å². The first-order valence-electron chi connectivity index (χ1n) is 12.6. The third kappa shape index (κ3) is 10.0. The van der Waals surface area contributed by atoms with Crippen LogP contribution in [-0.2, 0) is 22.6 Å². The van der Waals surface area contributed by atoms with E-state index in [9.17, 15) is 14.4 Å². The van der Waals surface area contributed by atoms with Crippen molar-refractivity contribution in [2.24, 2.45) is 5.92 Å². The summed E-state index contributed by atoms with van der Waals surface area (Å²) in [5.74, 6) is 0.121. The van der Waals surface area contributed by atoms with Crippen LogP contribution < -0.4 is 27.0 Å². The molecule has 2 rings (SSSR count). The number of hydrogen-bond donors (Lipinski definition) is 5. The summed E-state index contributed by atoms with van der Waals surface area (Å²) in [6.07, 6.45) is 2.78. The molecule has 3 amide bonds. The number of rotatable bonds is 14. The molecule has 9 nitrogen and oxygen atoms in total. The Morgan fingerprint density at radius 1 is 1.08 bits per heavy atom. The zero-order chi connectivity index (χ0) is 26.5. The Kier molecular flexibility index (Phi) is 11.9. The summed E-state index contributed by atoms with van der Waals surface area (Å²) in [7, 11) is 0. The number of anilines is 1. The van der Waals surface area contributed by atoms with Crippen LogP contribution in [0.3, 0.4) is 0 Å². The summed E-state index contributed by atoms with van der Waals surface area (Å²) < 4.78 is 0. The lowest BCUT2D eigenvalue weighted by molar-refractivity contribution is -0.128. The molecule has 0 aliphatic heterocycles. The van der Waals surface area contributed by atoms with Crippen LogP contribution in [0.5, 0.6) is 0 Å². The number of carbonyl (C=O) groups is 3. The van der Waals surface area contributed by atoms with E-state index in [-0.39, 0.29) is 30.2 Å². The molecule has 0 spiro atoms. The van der Waals surface area contributed by atoms with Gasteiger partial charge in [-0.2, -0.15) is 0 Å². The predicted molar refractivity (Wildman–Crippen MR) is 142 cm³/mol. The number of hydrogen-bond acceptors (Lipinski definition) is 6. The molecular formula is C27H40N6O3. The zero-order valence-electron chi connectivity index (χ0n) is 21.8. The molecule has 1 heterocycles.